The molecule has 1 aliphatic carbocycles. The Balaban J connectivity index is 1.55. The van der Waals surface area contributed by atoms with Gasteiger partial charge >= 0.3 is 0 Å². The quantitative estimate of drug-likeness (QED) is 0.788. The van der Waals surface area contributed by atoms with Crippen molar-refractivity contribution in [1.29, 1.82) is 0 Å². The molecular weight excluding hydrogens is 314 g/mol. The number of rotatable bonds is 6. The lowest BCUT2D eigenvalue weighted by Crippen LogP contribution is -2.48. The van der Waals surface area contributed by atoms with E-state index < -0.39 is 5.60 Å². The molecule has 138 valence electrons. The normalized spacial score (nSPS) is 20.2. The Bertz CT molecular complexity index is 605. The van der Waals surface area contributed by atoms with Gasteiger partial charge in [0, 0.05) is 20.2 Å². The number of carbonyl (C=O) groups excluding carboxylic acids is 1. The number of amides is 1. The lowest BCUT2D eigenvalue weighted by Gasteiger charge is -2.31. The Labute approximate surface area is 151 Å². The molecule has 2 aliphatic rings. The summed E-state index contributed by atoms with van der Waals surface area (Å²) < 4.78 is 11.8. The molecule has 4 heteroatoms. The molecule has 0 N–H and O–H groups in total. The second kappa shape index (κ2) is 7.77. The van der Waals surface area contributed by atoms with Crippen molar-refractivity contribution in [2.75, 3.05) is 20.2 Å². The number of hydrogen-bond acceptors (Lipinski definition) is 3. The van der Waals surface area contributed by atoms with Gasteiger partial charge in [0.15, 0.2) is 5.60 Å². The van der Waals surface area contributed by atoms with Crippen molar-refractivity contribution in [3.05, 3.63) is 29.3 Å². The molecule has 25 heavy (non-hydrogen) atoms. The van der Waals surface area contributed by atoms with Gasteiger partial charge in [-0.05, 0) is 82.1 Å². The highest BCUT2D eigenvalue weighted by molar-refractivity contribution is 5.84. The minimum Gasteiger partial charge on any atom is -0.478 e. The van der Waals surface area contributed by atoms with E-state index in [1.807, 2.05) is 27.0 Å². The van der Waals surface area contributed by atoms with Crippen molar-refractivity contribution in [3.63, 3.8) is 0 Å². The summed E-state index contributed by atoms with van der Waals surface area (Å²) >= 11 is 0. The number of carbonyl (C=O) groups is 1. The summed E-state index contributed by atoms with van der Waals surface area (Å²) in [6, 6.07) is 6.24. The average Bonchev–Trinajstić information content (AvgIpc) is 3.07. The molecule has 3 rings (SSSR count). The van der Waals surface area contributed by atoms with Gasteiger partial charge in [-0.25, -0.2) is 0 Å². The van der Waals surface area contributed by atoms with Crippen LogP contribution in [0.1, 0.15) is 57.1 Å². The molecule has 0 unspecified atom stereocenters. The van der Waals surface area contributed by atoms with E-state index in [9.17, 15) is 4.79 Å². The molecule has 0 saturated carbocycles. The van der Waals surface area contributed by atoms with E-state index in [0.29, 0.717) is 12.6 Å². The van der Waals surface area contributed by atoms with Crippen molar-refractivity contribution < 1.29 is 14.3 Å². The molecule has 1 fully saturated rings. The van der Waals surface area contributed by atoms with Crippen LogP contribution in [0.3, 0.4) is 0 Å². The second-order valence-corrected chi connectivity index (χ2v) is 7.90. The predicted octanol–water partition coefficient (Wildman–Crippen LogP) is 3.75. The van der Waals surface area contributed by atoms with Crippen molar-refractivity contribution in [2.45, 2.75) is 70.5 Å². The summed E-state index contributed by atoms with van der Waals surface area (Å²) in [4.78, 5) is 14.6. The molecule has 0 radical (unpaired) electrons. The van der Waals surface area contributed by atoms with Crippen LogP contribution in [-0.2, 0) is 22.4 Å². The summed E-state index contributed by atoms with van der Waals surface area (Å²) in [5.74, 6) is 0.812. The lowest BCUT2D eigenvalue weighted by atomic mass is 10.0. The summed E-state index contributed by atoms with van der Waals surface area (Å²) in [6.45, 7) is 5.28. The summed E-state index contributed by atoms with van der Waals surface area (Å²) in [5, 5.41) is 0. The van der Waals surface area contributed by atoms with Crippen LogP contribution in [0.4, 0.5) is 0 Å². The number of fused-ring (bicyclic) bond motifs is 1. The first kappa shape index (κ1) is 18.2. The van der Waals surface area contributed by atoms with E-state index >= 15 is 0 Å². The minimum absolute atomic E-state index is 0.0174. The molecule has 0 bridgehead atoms. The molecule has 1 aromatic carbocycles. The summed E-state index contributed by atoms with van der Waals surface area (Å²) in [6.07, 6.45) is 8.18. The Morgan fingerprint density at radius 2 is 2.04 bits per heavy atom. The zero-order valence-corrected chi connectivity index (χ0v) is 15.8. The zero-order valence-electron chi connectivity index (χ0n) is 15.8. The Morgan fingerprint density at radius 1 is 1.24 bits per heavy atom. The van der Waals surface area contributed by atoms with Gasteiger partial charge in [-0.3, -0.25) is 4.79 Å². The van der Waals surface area contributed by atoms with Gasteiger partial charge in [-0.2, -0.15) is 0 Å². The fourth-order valence-corrected chi connectivity index (χ4v) is 3.88. The van der Waals surface area contributed by atoms with Crippen LogP contribution in [0, 0.1) is 0 Å². The number of benzene rings is 1. The van der Waals surface area contributed by atoms with Crippen molar-refractivity contribution in [1.82, 2.24) is 4.90 Å². The van der Waals surface area contributed by atoms with E-state index in [-0.39, 0.29) is 5.91 Å². The van der Waals surface area contributed by atoms with Crippen LogP contribution in [0.5, 0.6) is 5.75 Å². The number of nitrogens with zero attached hydrogens (tertiary/aromatic N) is 1. The van der Waals surface area contributed by atoms with Crippen molar-refractivity contribution in [2.24, 2.45) is 0 Å². The molecule has 1 aromatic rings. The van der Waals surface area contributed by atoms with Crippen molar-refractivity contribution in [3.8, 4) is 5.75 Å². The Hall–Kier alpha value is -1.55. The Kier molecular flexibility index (Phi) is 5.67. The smallest absolute Gasteiger partial charge is 0.265 e. The van der Waals surface area contributed by atoms with E-state index in [0.717, 1.165) is 44.5 Å². The van der Waals surface area contributed by atoms with Crippen LogP contribution in [0.15, 0.2) is 18.2 Å². The van der Waals surface area contributed by atoms with Gasteiger partial charge in [-0.15, -0.1) is 0 Å². The maximum absolute atomic E-state index is 12.8. The first-order valence-corrected chi connectivity index (χ1v) is 9.64. The highest BCUT2D eigenvalue weighted by atomic mass is 16.5. The highest BCUT2D eigenvalue weighted by Crippen LogP contribution is 2.28. The predicted molar refractivity (Wildman–Crippen MR) is 99.0 cm³/mol. The zero-order chi connectivity index (χ0) is 17.9. The lowest BCUT2D eigenvalue weighted by molar-refractivity contribution is -0.144. The second-order valence-electron chi connectivity index (χ2n) is 7.90. The number of hydrogen-bond donors (Lipinski definition) is 0. The van der Waals surface area contributed by atoms with E-state index in [2.05, 4.69) is 12.1 Å². The van der Waals surface area contributed by atoms with Gasteiger partial charge in [0.2, 0.25) is 0 Å². The standard InChI is InChI=1S/C21H31NO3/c1-21(2,25-19-11-10-16-7-6-8-17(16)15-19)20(23)22(3)13-12-18-9-4-5-14-24-18/h10-11,15,18H,4-9,12-14H2,1-3H3/t18-/m1/s1. The topological polar surface area (TPSA) is 38.8 Å². The molecule has 4 nitrogen and oxygen atoms in total. The maximum atomic E-state index is 12.8. The van der Waals surface area contributed by atoms with Gasteiger partial charge < -0.3 is 14.4 Å². The molecular formula is C21H31NO3. The van der Waals surface area contributed by atoms with Gasteiger partial charge in [-0.1, -0.05) is 6.07 Å². The van der Waals surface area contributed by atoms with Crippen LogP contribution in [0.2, 0.25) is 0 Å². The molecule has 0 aromatic heterocycles. The largest absolute Gasteiger partial charge is 0.478 e. The fourth-order valence-electron chi connectivity index (χ4n) is 3.88. The van der Waals surface area contributed by atoms with E-state index in [1.54, 1.807) is 4.90 Å². The fraction of sp³-hybridized carbons (Fsp3) is 0.667. The number of aryl methyl sites for hydroxylation is 2. The van der Waals surface area contributed by atoms with Crippen LogP contribution >= 0.6 is 0 Å². The van der Waals surface area contributed by atoms with Crippen LogP contribution in [-0.4, -0.2) is 42.7 Å². The van der Waals surface area contributed by atoms with Crippen LogP contribution in [0.25, 0.3) is 0 Å². The number of likely N-dealkylation sites (N-methyl/N-ethyl adjacent to an activating group) is 1. The molecule has 1 amide bonds. The van der Waals surface area contributed by atoms with E-state index in [4.69, 9.17) is 9.47 Å². The third-order valence-corrected chi connectivity index (χ3v) is 5.37. The third kappa shape index (κ3) is 4.55. The first-order chi connectivity index (χ1) is 12.0. The monoisotopic (exact) mass is 345 g/mol. The van der Waals surface area contributed by atoms with Gasteiger partial charge in [0.25, 0.3) is 5.91 Å². The summed E-state index contributed by atoms with van der Waals surface area (Å²) in [7, 11) is 1.86. The maximum Gasteiger partial charge on any atom is 0.265 e. The molecule has 1 aliphatic heterocycles. The van der Waals surface area contributed by atoms with E-state index in [1.165, 1.54) is 24.0 Å². The van der Waals surface area contributed by atoms with Crippen molar-refractivity contribution >= 4 is 5.91 Å². The third-order valence-electron chi connectivity index (χ3n) is 5.37. The SMILES string of the molecule is CN(CC[C@H]1CCCCO1)C(=O)C(C)(C)Oc1ccc2c(c1)CCC2. The highest BCUT2D eigenvalue weighted by Gasteiger charge is 2.33. The minimum atomic E-state index is -0.866. The average molecular weight is 345 g/mol. The first-order valence-electron chi connectivity index (χ1n) is 9.64. The molecule has 1 atom stereocenters. The number of ether oxygens (including phenoxy) is 2. The Morgan fingerprint density at radius 3 is 2.80 bits per heavy atom. The molecule has 1 saturated heterocycles. The van der Waals surface area contributed by atoms with Gasteiger partial charge in [0.1, 0.15) is 5.75 Å². The molecule has 0 spiro atoms. The summed E-state index contributed by atoms with van der Waals surface area (Å²) in [5.41, 5.74) is 1.92. The molecule has 1 heterocycles. The van der Waals surface area contributed by atoms with Crippen LogP contribution < -0.4 is 4.74 Å². The van der Waals surface area contributed by atoms with Gasteiger partial charge in [0.05, 0.1) is 6.10 Å².